The van der Waals surface area contributed by atoms with Crippen molar-refractivity contribution in [2.45, 2.75) is 0 Å². The lowest BCUT2D eigenvalue weighted by molar-refractivity contribution is -0.385. The topological polar surface area (TPSA) is 122 Å². The Morgan fingerprint density at radius 1 is 0.833 bits per heavy atom. The van der Waals surface area contributed by atoms with Crippen LogP contribution >= 0.6 is 18.2 Å². The quantitative estimate of drug-likeness (QED) is 0.398. The maximum Gasteiger partial charge on any atom is 0.492 e. The summed E-state index contributed by atoms with van der Waals surface area (Å²) in [6.07, 6.45) is 1.51. The number of nitro groups is 2. The number of benzene rings is 2. The SMILES string of the molecule is CSP(=O)(Oc1ccc([N+](=O)[O-])cc1)Oc1ccc([N+](=O)[O-])cc1. The summed E-state index contributed by atoms with van der Waals surface area (Å²) in [5.74, 6) is 0.278. The van der Waals surface area contributed by atoms with Crippen molar-refractivity contribution in [1.82, 2.24) is 0 Å². The Bertz CT molecular complexity index is 731. The number of hydrogen-bond acceptors (Lipinski definition) is 8. The average Bonchev–Trinajstić information content (AvgIpc) is 2.55. The highest BCUT2D eigenvalue weighted by atomic mass is 32.7. The summed E-state index contributed by atoms with van der Waals surface area (Å²) in [5.41, 5.74) is -0.254. The first-order chi connectivity index (χ1) is 11.3. The van der Waals surface area contributed by atoms with Crippen molar-refractivity contribution >= 4 is 29.6 Å². The summed E-state index contributed by atoms with van der Waals surface area (Å²) in [6, 6.07) is 10.1. The molecule has 0 saturated carbocycles. The Labute approximate surface area is 140 Å². The van der Waals surface area contributed by atoms with E-state index in [1.54, 1.807) is 0 Å². The highest BCUT2D eigenvalue weighted by molar-refractivity contribution is 8.55. The molecule has 0 aromatic heterocycles. The summed E-state index contributed by atoms with van der Waals surface area (Å²) in [5, 5.41) is 21.2. The number of nitrogens with zero attached hydrogens (tertiary/aromatic N) is 2. The van der Waals surface area contributed by atoms with Gasteiger partial charge >= 0.3 is 6.80 Å². The number of rotatable bonds is 7. The van der Waals surface area contributed by atoms with Gasteiger partial charge in [-0.05, 0) is 41.9 Å². The molecule has 0 aliphatic rings. The van der Waals surface area contributed by atoms with Crippen LogP contribution in [0.25, 0.3) is 0 Å². The smallest absolute Gasteiger partial charge is 0.408 e. The second-order valence-corrected chi connectivity index (χ2v) is 8.38. The van der Waals surface area contributed by atoms with Gasteiger partial charge in [0.2, 0.25) is 0 Å². The van der Waals surface area contributed by atoms with Crippen molar-refractivity contribution in [2.24, 2.45) is 0 Å². The van der Waals surface area contributed by atoms with Crippen LogP contribution < -0.4 is 9.05 Å². The molecule has 2 aromatic rings. The van der Waals surface area contributed by atoms with Gasteiger partial charge in [-0.3, -0.25) is 20.2 Å². The molecule has 24 heavy (non-hydrogen) atoms. The zero-order valence-electron chi connectivity index (χ0n) is 12.2. The fraction of sp³-hybridized carbons (Fsp3) is 0.0769. The van der Waals surface area contributed by atoms with Crippen LogP contribution in [0.5, 0.6) is 11.5 Å². The third-order valence-electron chi connectivity index (χ3n) is 2.75. The molecule has 0 saturated heterocycles. The molecule has 0 amide bonds. The van der Waals surface area contributed by atoms with E-state index in [0.29, 0.717) is 0 Å². The van der Waals surface area contributed by atoms with Crippen molar-refractivity contribution in [3.05, 3.63) is 68.8 Å². The van der Waals surface area contributed by atoms with E-state index in [0.717, 1.165) is 11.4 Å². The maximum atomic E-state index is 12.6. The van der Waals surface area contributed by atoms with Gasteiger partial charge in [0.1, 0.15) is 11.5 Å². The molecule has 0 fully saturated rings. The van der Waals surface area contributed by atoms with Crippen LogP contribution in [0.3, 0.4) is 0 Å². The number of non-ortho nitro benzene ring substituents is 2. The predicted molar refractivity (Wildman–Crippen MR) is 88.6 cm³/mol. The van der Waals surface area contributed by atoms with E-state index in [1.165, 1.54) is 54.8 Å². The van der Waals surface area contributed by atoms with Crippen LogP contribution in [0.1, 0.15) is 0 Å². The van der Waals surface area contributed by atoms with Gasteiger partial charge in [0.25, 0.3) is 11.4 Å². The molecule has 0 bridgehead atoms. The summed E-state index contributed by atoms with van der Waals surface area (Å²) in [4.78, 5) is 20.1. The lowest BCUT2D eigenvalue weighted by Gasteiger charge is -2.17. The fourth-order valence-electron chi connectivity index (χ4n) is 1.61. The molecule has 2 aromatic carbocycles. The van der Waals surface area contributed by atoms with Crippen LogP contribution in [0.4, 0.5) is 11.4 Å². The third kappa shape index (κ3) is 4.46. The first kappa shape index (κ1) is 17.8. The first-order valence-electron chi connectivity index (χ1n) is 6.37. The molecular formula is C13H11N2O7PS. The van der Waals surface area contributed by atoms with Crippen molar-refractivity contribution in [3.8, 4) is 11.5 Å². The Morgan fingerprint density at radius 2 is 1.17 bits per heavy atom. The van der Waals surface area contributed by atoms with Crippen molar-refractivity contribution in [1.29, 1.82) is 0 Å². The molecule has 0 atom stereocenters. The minimum atomic E-state index is -3.64. The highest BCUT2D eigenvalue weighted by Gasteiger charge is 2.27. The largest absolute Gasteiger partial charge is 0.492 e. The van der Waals surface area contributed by atoms with Crippen molar-refractivity contribution in [3.63, 3.8) is 0 Å². The summed E-state index contributed by atoms with van der Waals surface area (Å²) >= 11 is 0.826. The van der Waals surface area contributed by atoms with Crippen molar-refractivity contribution in [2.75, 3.05) is 6.26 Å². The Kier molecular flexibility index (Phi) is 5.42. The van der Waals surface area contributed by atoms with Gasteiger partial charge in [-0.1, -0.05) is 0 Å². The van der Waals surface area contributed by atoms with Gasteiger partial charge in [0.15, 0.2) is 0 Å². The van der Waals surface area contributed by atoms with Gasteiger partial charge in [0, 0.05) is 24.3 Å². The maximum absolute atomic E-state index is 12.6. The van der Waals surface area contributed by atoms with E-state index in [2.05, 4.69) is 0 Å². The second-order valence-electron chi connectivity index (χ2n) is 4.31. The Morgan fingerprint density at radius 3 is 1.42 bits per heavy atom. The van der Waals surface area contributed by atoms with Gasteiger partial charge in [-0.2, -0.15) is 0 Å². The van der Waals surface area contributed by atoms with E-state index in [4.69, 9.17) is 9.05 Å². The molecular weight excluding hydrogens is 359 g/mol. The van der Waals surface area contributed by atoms with E-state index in [-0.39, 0.29) is 22.9 Å². The molecule has 0 radical (unpaired) electrons. The van der Waals surface area contributed by atoms with Gasteiger partial charge in [-0.15, -0.1) is 0 Å². The zero-order valence-corrected chi connectivity index (χ0v) is 13.9. The minimum absolute atomic E-state index is 0.127. The van der Waals surface area contributed by atoms with Crippen LogP contribution in [-0.4, -0.2) is 16.1 Å². The summed E-state index contributed by atoms with van der Waals surface area (Å²) in [6.45, 7) is -3.64. The van der Waals surface area contributed by atoms with Gasteiger partial charge in [-0.25, -0.2) is 4.57 Å². The van der Waals surface area contributed by atoms with Crippen molar-refractivity contribution < 1.29 is 23.5 Å². The molecule has 0 aliphatic carbocycles. The van der Waals surface area contributed by atoms with Gasteiger partial charge in [0.05, 0.1) is 9.85 Å². The summed E-state index contributed by atoms with van der Waals surface area (Å²) < 4.78 is 23.2. The Hall–Kier alpha value is -2.58. The number of hydrogen-bond donors (Lipinski definition) is 0. The van der Waals surface area contributed by atoms with E-state index >= 15 is 0 Å². The highest BCUT2D eigenvalue weighted by Crippen LogP contribution is 2.58. The fourth-order valence-corrected chi connectivity index (χ4v) is 3.52. The van der Waals surface area contributed by atoms with Crippen LogP contribution in [0.15, 0.2) is 48.5 Å². The number of nitro benzene ring substituents is 2. The van der Waals surface area contributed by atoms with E-state index in [9.17, 15) is 24.8 Å². The Balaban J connectivity index is 2.14. The molecule has 0 spiro atoms. The molecule has 9 nitrogen and oxygen atoms in total. The average molecular weight is 370 g/mol. The first-order valence-corrected chi connectivity index (χ1v) is 9.74. The predicted octanol–water partition coefficient (Wildman–Crippen LogP) is 4.43. The van der Waals surface area contributed by atoms with E-state index in [1.807, 2.05) is 0 Å². The van der Waals surface area contributed by atoms with Crippen LogP contribution in [-0.2, 0) is 4.57 Å². The molecule has 126 valence electrons. The third-order valence-corrected chi connectivity index (χ3v) is 5.86. The molecule has 11 heteroatoms. The summed E-state index contributed by atoms with van der Waals surface area (Å²) in [7, 11) is 0. The molecule has 0 aliphatic heterocycles. The molecule has 0 unspecified atom stereocenters. The normalized spacial score (nSPS) is 10.9. The lowest BCUT2D eigenvalue weighted by Crippen LogP contribution is -1.98. The van der Waals surface area contributed by atoms with Gasteiger partial charge < -0.3 is 9.05 Å². The minimum Gasteiger partial charge on any atom is -0.408 e. The lowest BCUT2D eigenvalue weighted by atomic mass is 10.3. The standard InChI is InChI=1S/C13H11N2O7PS/c1-24-23(20,21-12-6-2-10(3-7-12)14(16)17)22-13-8-4-11(5-9-13)15(18)19/h2-9H,1H3. The van der Waals surface area contributed by atoms with Crippen LogP contribution in [0, 0.1) is 20.2 Å². The molecule has 2 rings (SSSR count). The molecule has 0 N–H and O–H groups in total. The zero-order chi connectivity index (χ0) is 17.7. The monoisotopic (exact) mass is 370 g/mol. The second kappa shape index (κ2) is 7.33. The van der Waals surface area contributed by atoms with E-state index < -0.39 is 16.6 Å². The van der Waals surface area contributed by atoms with Crippen LogP contribution in [0.2, 0.25) is 0 Å². The molecule has 0 heterocycles.